The molecule has 4 rings (SSSR count). The Morgan fingerprint density at radius 3 is 2.45 bits per heavy atom. The van der Waals surface area contributed by atoms with Gasteiger partial charge in [-0.05, 0) is 68.1 Å². The second-order valence-corrected chi connectivity index (χ2v) is 8.76. The molecule has 3 aromatic rings. The van der Waals surface area contributed by atoms with Crippen LogP contribution in [0.4, 0.5) is 9.52 Å². The van der Waals surface area contributed by atoms with Crippen LogP contribution in [0.2, 0.25) is 0 Å². The van der Waals surface area contributed by atoms with E-state index in [-0.39, 0.29) is 23.5 Å². The Morgan fingerprint density at radius 1 is 1.06 bits per heavy atom. The summed E-state index contributed by atoms with van der Waals surface area (Å²) >= 11 is 1.41. The Hall–Kier alpha value is -3.06. The van der Waals surface area contributed by atoms with Crippen molar-refractivity contribution < 1.29 is 14.0 Å². The quantitative estimate of drug-likeness (QED) is 0.621. The average molecular weight is 438 g/mol. The van der Waals surface area contributed by atoms with Gasteiger partial charge in [0, 0.05) is 35.5 Å². The van der Waals surface area contributed by atoms with Crippen molar-refractivity contribution >= 4 is 28.3 Å². The molecule has 31 heavy (non-hydrogen) atoms. The molecule has 0 atom stereocenters. The number of piperidine rings is 1. The summed E-state index contributed by atoms with van der Waals surface area (Å²) in [5, 5.41) is 5.47. The van der Waals surface area contributed by atoms with Gasteiger partial charge in [0.2, 0.25) is 5.91 Å². The standard InChI is InChI=1S/C24H24FN3O2S/c1-15-3-4-19(13-16(15)2)21-14-31-24(26-21)27-22(29)17-9-11-28(12-10-17)23(30)18-5-7-20(25)8-6-18/h3-8,13-14,17H,9-12H2,1-2H3,(H,26,27,29). The molecular formula is C24H24FN3O2S. The van der Waals surface area contributed by atoms with Gasteiger partial charge in [-0.3, -0.25) is 9.59 Å². The third-order valence-corrected chi connectivity index (χ3v) is 6.54. The van der Waals surface area contributed by atoms with Gasteiger partial charge < -0.3 is 10.2 Å². The Bertz CT molecular complexity index is 1100. The van der Waals surface area contributed by atoms with Gasteiger partial charge in [-0.15, -0.1) is 11.3 Å². The number of carbonyl (C=O) groups is 2. The summed E-state index contributed by atoms with van der Waals surface area (Å²) in [6, 6.07) is 11.8. The molecule has 0 bridgehead atoms. The number of aryl methyl sites for hydroxylation is 2. The number of likely N-dealkylation sites (tertiary alicyclic amines) is 1. The van der Waals surface area contributed by atoms with E-state index in [1.54, 1.807) is 4.90 Å². The Kier molecular flexibility index (Phi) is 6.13. The summed E-state index contributed by atoms with van der Waals surface area (Å²) in [5.41, 5.74) is 4.79. The van der Waals surface area contributed by atoms with E-state index in [1.807, 2.05) is 11.4 Å². The molecule has 2 aromatic carbocycles. The normalized spacial score (nSPS) is 14.5. The number of benzene rings is 2. The van der Waals surface area contributed by atoms with Crippen LogP contribution in [0.25, 0.3) is 11.3 Å². The van der Waals surface area contributed by atoms with Gasteiger partial charge in [0.1, 0.15) is 5.82 Å². The minimum Gasteiger partial charge on any atom is -0.339 e. The monoisotopic (exact) mass is 437 g/mol. The van der Waals surface area contributed by atoms with Gasteiger partial charge in [0.15, 0.2) is 5.13 Å². The summed E-state index contributed by atoms with van der Waals surface area (Å²) in [7, 11) is 0. The molecule has 1 N–H and O–H groups in total. The van der Waals surface area contributed by atoms with Crippen LogP contribution in [0.1, 0.15) is 34.3 Å². The fourth-order valence-electron chi connectivity index (χ4n) is 3.69. The molecule has 1 saturated heterocycles. The number of halogens is 1. The first-order valence-corrected chi connectivity index (χ1v) is 11.2. The molecule has 1 aromatic heterocycles. The number of rotatable bonds is 4. The summed E-state index contributed by atoms with van der Waals surface area (Å²) in [6.07, 6.45) is 1.18. The van der Waals surface area contributed by atoms with Crippen molar-refractivity contribution in [3.63, 3.8) is 0 Å². The van der Waals surface area contributed by atoms with Crippen LogP contribution in [0.15, 0.2) is 47.8 Å². The molecule has 5 nitrogen and oxygen atoms in total. The molecule has 0 radical (unpaired) electrons. The first kappa shape index (κ1) is 21.2. The lowest BCUT2D eigenvalue weighted by Crippen LogP contribution is -2.41. The lowest BCUT2D eigenvalue weighted by atomic mass is 9.95. The molecule has 1 aliphatic heterocycles. The Labute approximate surface area is 184 Å². The molecule has 2 amide bonds. The van der Waals surface area contributed by atoms with Crippen molar-refractivity contribution in [2.45, 2.75) is 26.7 Å². The van der Waals surface area contributed by atoms with E-state index in [0.717, 1.165) is 11.3 Å². The molecule has 1 fully saturated rings. The summed E-state index contributed by atoms with van der Waals surface area (Å²) in [5.74, 6) is -0.715. The molecule has 1 aliphatic rings. The van der Waals surface area contributed by atoms with E-state index in [1.165, 1.54) is 46.7 Å². The number of anilines is 1. The second-order valence-electron chi connectivity index (χ2n) is 7.90. The van der Waals surface area contributed by atoms with Crippen LogP contribution < -0.4 is 5.32 Å². The van der Waals surface area contributed by atoms with Crippen LogP contribution in [0.5, 0.6) is 0 Å². The molecule has 0 spiro atoms. The highest BCUT2D eigenvalue weighted by Gasteiger charge is 2.28. The second kappa shape index (κ2) is 8.98. The van der Waals surface area contributed by atoms with E-state index in [0.29, 0.717) is 36.6 Å². The fraction of sp³-hybridized carbons (Fsp3) is 0.292. The maximum Gasteiger partial charge on any atom is 0.253 e. The lowest BCUT2D eigenvalue weighted by molar-refractivity contribution is -0.121. The average Bonchev–Trinajstić information content (AvgIpc) is 3.24. The highest BCUT2D eigenvalue weighted by Crippen LogP contribution is 2.28. The van der Waals surface area contributed by atoms with Crippen molar-refractivity contribution in [2.24, 2.45) is 5.92 Å². The minimum atomic E-state index is -0.366. The van der Waals surface area contributed by atoms with E-state index in [9.17, 15) is 14.0 Å². The van der Waals surface area contributed by atoms with Crippen LogP contribution in [-0.2, 0) is 4.79 Å². The summed E-state index contributed by atoms with van der Waals surface area (Å²) in [6.45, 7) is 5.14. The van der Waals surface area contributed by atoms with Gasteiger partial charge in [0.05, 0.1) is 5.69 Å². The Balaban J connectivity index is 1.33. The zero-order valence-electron chi connectivity index (χ0n) is 17.5. The zero-order valence-corrected chi connectivity index (χ0v) is 18.3. The number of hydrogen-bond donors (Lipinski definition) is 1. The van der Waals surface area contributed by atoms with E-state index < -0.39 is 0 Å². The number of amides is 2. The molecule has 7 heteroatoms. The maximum absolute atomic E-state index is 13.1. The smallest absolute Gasteiger partial charge is 0.253 e. The highest BCUT2D eigenvalue weighted by molar-refractivity contribution is 7.14. The minimum absolute atomic E-state index is 0.0603. The number of nitrogens with one attached hydrogen (secondary N) is 1. The molecule has 0 unspecified atom stereocenters. The van der Waals surface area contributed by atoms with Gasteiger partial charge in [-0.25, -0.2) is 9.37 Å². The van der Waals surface area contributed by atoms with E-state index in [2.05, 4.69) is 36.3 Å². The molecule has 2 heterocycles. The van der Waals surface area contributed by atoms with Crippen LogP contribution in [0.3, 0.4) is 0 Å². The maximum atomic E-state index is 13.1. The summed E-state index contributed by atoms with van der Waals surface area (Å²) in [4.78, 5) is 31.5. The zero-order chi connectivity index (χ0) is 22.0. The van der Waals surface area contributed by atoms with E-state index >= 15 is 0 Å². The van der Waals surface area contributed by atoms with Gasteiger partial charge in [0.25, 0.3) is 5.91 Å². The number of aromatic nitrogens is 1. The van der Waals surface area contributed by atoms with Crippen molar-refractivity contribution in [3.8, 4) is 11.3 Å². The predicted octanol–water partition coefficient (Wildman–Crippen LogP) is 5.06. The highest BCUT2D eigenvalue weighted by atomic mass is 32.1. The van der Waals surface area contributed by atoms with Crippen LogP contribution >= 0.6 is 11.3 Å². The molecule has 0 saturated carbocycles. The molecule has 160 valence electrons. The fourth-order valence-corrected chi connectivity index (χ4v) is 4.41. The largest absolute Gasteiger partial charge is 0.339 e. The third kappa shape index (κ3) is 4.82. The number of nitrogens with zero attached hydrogens (tertiary/aromatic N) is 2. The summed E-state index contributed by atoms with van der Waals surface area (Å²) < 4.78 is 13.1. The first-order chi connectivity index (χ1) is 14.9. The van der Waals surface area contributed by atoms with Gasteiger partial charge in [-0.1, -0.05) is 12.1 Å². The predicted molar refractivity (Wildman–Crippen MR) is 121 cm³/mol. The van der Waals surface area contributed by atoms with Gasteiger partial charge in [-0.2, -0.15) is 0 Å². The van der Waals surface area contributed by atoms with Crippen molar-refractivity contribution in [1.29, 1.82) is 0 Å². The van der Waals surface area contributed by atoms with Crippen molar-refractivity contribution in [1.82, 2.24) is 9.88 Å². The van der Waals surface area contributed by atoms with Crippen LogP contribution in [-0.4, -0.2) is 34.8 Å². The Morgan fingerprint density at radius 2 is 1.77 bits per heavy atom. The van der Waals surface area contributed by atoms with Crippen molar-refractivity contribution in [3.05, 3.63) is 70.4 Å². The van der Waals surface area contributed by atoms with Crippen molar-refractivity contribution in [2.75, 3.05) is 18.4 Å². The lowest BCUT2D eigenvalue weighted by Gasteiger charge is -2.31. The van der Waals surface area contributed by atoms with Crippen LogP contribution in [0, 0.1) is 25.6 Å². The molecular weight excluding hydrogens is 413 g/mol. The SMILES string of the molecule is Cc1ccc(-c2csc(NC(=O)C3CCN(C(=O)c4ccc(F)cc4)CC3)n2)cc1C. The number of hydrogen-bond acceptors (Lipinski definition) is 4. The number of carbonyl (C=O) groups excluding carboxylic acids is 2. The molecule has 0 aliphatic carbocycles. The third-order valence-electron chi connectivity index (χ3n) is 5.78. The number of thiazole rings is 1. The topological polar surface area (TPSA) is 62.3 Å². The van der Waals surface area contributed by atoms with E-state index in [4.69, 9.17) is 0 Å². The van der Waals surface area contributed by atoms with Gasteiger partial charge >= 0.3 is 0 Å². The first-order valence-electron chi connectivity index (χ1n) is 10.3.